The van der Waals surface area contributed by atoms with Gasteiger partial charge in [-0.15, -0.1) is 11.3 Å². The number of methoxy groups -OCH3 is 1. The maximum absolute atomic E-state index is 13.0. The maximum atomic E-state index is 13.0. The van der Waals surface area contributed by atoms with Crippen LogP contribution < -0.4 is 10.9 Å². The van der Waals surface area contributed by atoms with Crippen molar-refractivity contribution < 1.29 is 23.7 Å². The van der Waals surface area contributed by atoms with Crippen LogP contribution in [0.15, 0.2) is 28.7 Å². The molecule has 31 heavy (non-hydrogen) atoms. The first-order chi connectivity index (χ1) is 14.8. The number of anilines is 1. The molecule has 1 atom stereocenters. The van der Waals surface area contributed by atoms with Crippen LogP contribution in [0.25, 0.3) is 11.0 Å². The van der Waals surface area contributed by atoms with E-state index in [9.17, 15) is 19.7 Å². The summed E-state index contributed by atoms with van der Waals surface area (Å²) >= 11 is 1.33. The highest BCUT2D eigenvalue weighted by Gasteiger charge is 2.29. The molecule has 3 aromatic rings. The molecule has 2 N–H and O–H groups in total. The van der Waals surface area contributed by atoms with Gasteiger partial charge in [0.1, 0.15) is 16.1 Å². The average molecular weight is 441 g/mol. The molecular weight excluding hydrogens is 422 g/mol. The van der Waals surface area contributed by atoms with E-state index >= 15 is 0 Å². The summed E-state index contributed by atoms with van der Waals surface area (Å²) in [6, 6.07) is 5.30. The summed E-state index contributed by atoms with van der Waals surface area (Å²) in [5.74, 6) is -0.679. The Hall–Kier alpha value is -3.53. The van der Waals surface area contributed by atoms with Gasteiger partial charge in [-0.2, -0.15) is 0 Å². The SMILES string of the molecule is COC(=O)c1c(NC(=O)c2cc3cc([N+](=O)[O-])ccc3oc2=N)sc2c1CCC(C)C2. The minimum Gasteiger partial charge on any atom is -0.465 e. The highest BCUT2D eigenvalue weighted by Crippen LogP contribution is 2.40. The number of nitrogens with one attached hydrogen (secondary N) is 2. The molecule has 0 bridgehead atoms. The Morgan fingerprint density at radius 1 is 1.35 bits per heavy atom. The van der Waals surface area contributed by atoms with E-state index in [4.69, 9.17) is 14.6 Å². The third-order valence-electron chi connectivity index (χ3n) is 5.33. The number of carbonyl (C=O) groups is 2. The standard InChI is InChI=1S/C21H19N3O6S/c1-10-3-5-13-16(7-10)31-20(17(13)21(26)29-2)23-19(25)14-9-11-8-12(24(27)28)4-6-15(11)30-18(14)22/h4,6,8-10,22H,3,5,7H2,1-2H3,(H,23,25). The second-order valence-electron chi connectivity index (χ2n) is 7.47. The molecule has 0 saturated heterocycles. The molecule has 2 heterocycles. The fourth-order valence-corrected chi connectivity index (χ4v) is 5.13. The van der Waals surface area contributed by atoms with Crippen molar-refractivity contribution in [1.29, 1.82) is 5.41 Å². The van der Waals surface area contributed by atoms with Gasteiger partial charge >= 0.3 is 5.97 Å². The number of rotatable bonds is 4. The van der Waals surface area contributed by atoms with E-state index in [1.54, 1.807) is 0 Å². The second kappa shape index (κ2) is 7.95. The summed E-state index contributed by atoms with van der Waals surface area (Å²) in [7, 11) is 1.29. The third-order valence-corrected chi connectivity index (χ3v) is 6.50. The second-order valence-corrected chi connectivity index (χ2v) is 8.58. The smallest absolute Gasteiger partial charge is 0.341 e. The largest absolute Gasteiger partial charge is 0.465 e. The Labute approximate surface area is 180 Å². The number of hydrogen-bond acceptors (Lipinski definition) is 8. The lowest BCUT2D eigenvalue weighted by molar-refractivity contribution is -0.384. The number of nitro groups is 1. The minimum atomic E-state index is -0.640. The van der Waals surface area contributed by atoms with E-state index in [1.807, 2.05) is 0 Å². The van der Waals surface area contributed by atoms with Crippen molar-refractivity contribution in [3.8, 4) is 0 Å². The molecule has 1 unspecified atom stereocenters. The van der Waals surface area contributed by atoms with Crippen LogP contribution in [0, 0.1) is 21.4 Å². The molecule has 0 radical (unpaired) electrons. The van der Waals surface area contributed by atoms with E-state index in [1.165, 1.54) is 42.7 Å². The molecule has 0 saturated carbocycles. The monoisotopic (exact) mass is 441 g/mol. The van der Waals surface area contributed by atoms with Gasteiger partial charge in [0.15, 0.2) is 0 Å². The molecule has 1 amide bonds. The number of carbonyl (C=O) groups excluding carboxylic acids is 2. The Kier molecular flexibility index (Phi) is 5.32. The molecule has 0 spiro atoms. The van der Waals surface area contributed by atoms with Gasteiger partial charge in [0.25, 0.3) is 11.6 Å². The molecule has 10 heteroatoms. The number of nitrogens with zero attached hydrogens (tertiary/aromatic N) is 1. The predicted octanol–water partition coefficient (Wildman–Crippen LogP) is 4.05. The lowest BCUT2D eigenvalue weighted by Gasteiger charge is -2.18. The molecule has 4 rings (SSSR count). The minimum absolute atomic E-state index is 0.0939. The summed E-state index contributed by atoms with van der Waals surface area (Å²) in [6.45, 7) is 2.14. The lowest BCUT2D eigenvalue weighted by atomic mass is 9.88. The summed E-state index contributed by atoms with van der Waals surface area (Å²) < 4.78 is 10.3. The van der Waals surface area contributed by atoms with E-state index in [-0.39, 0.29) is 22.4 Å². The Bertz CT molecular complexity index is 1290. The van der Waals surface area contributed by atoms with E-state index < -0.39 is 16.8 Å². The molecule has 160 valence electrons. The number of benzene rings is 1. The van der Waals surface area contributed by atoms with E-state index in [2.05, 4.69) is 12.2 Å². The van der Waals surface area contributed by atoms with Gasteiger partial charge in [0.05, 0.1) is 17.6 Å². The number of amides is 1. The Balaban J connectivity index is 1.74. The van der Waals surface area contributed by atoms with Crippen LogP contribution >= 0.6 is 11.3 Å². The number of thiophene rings is 1. The van der Waals surface area contributed by atoms with Crippen molar-refractivity contribution in [2.45, 2.75) is 26.2 Å². The fraction of sp³-hybridized carbons (Fsp3) is 0.286. The van der Waals surface area contributed by atoms with Crippen LogP contribution in [0.5, 0.6) is 0 Å². The highest BCUT2D eigenvalue weighted by atomic mass is 32.1. The first-order valence-electron chi connectivity index (χ1n) is 9.59. The first kappa shape index (κ1) is 20.7. The van der Waals surface area contributed by atoms with E-state index in [0.29, 0.717) is 21.9 Å². The zero-order chi connectivity index (χ0) is 22.3. The van der Waals surface area contributed by atoms with Crippen LogP contribution in [-0.2, 0) is 17.6 Å². The van der Waals surface area contributed by atoms with Gasteiger partial charge in [0.2, 0.25) is 5.55 Å². The van der Waals surface area contributed by atoms with Crippen LogP contribution in [-0.4, -0.2) is 23.9 Å². The summed E-state index contributed by atoms with van der Waals surface area (Å²) in [6.07, 6.45) is 2.49. The van der Waals surface area contributed by atoms with Crippen molar-refractivity contribution in [2.24, 2.45) is 5.92 Å². The van der Waals surface area contributed by atoms with E-state index in [0.717, 1.165) is 29.7 Å². The zero-order valence-corrected chi connectivity index (χ0v) is 17.6. The predicted molar refractivity (Wildman–Crippen MR) is 114 cm³/mol. The fourth-order valence-electron chi connectivity index (χ4n) is 3.74. The van der Waals surface area contributed by atoms with Crippen molar-refractivity contribution in [3.63, 3.8) is 0 Å². The molecule has 1 aliphatic rings. The molecule has 2 aromatic heterocycles. The van der Waals surface area contributed by atoms with Gasteiger partial charge in [-0.25, -0.2) is 4.79 Å². The number of hydrogen-bond donors (Lipinski definition) is 2. The lowest BCUT2D eigenvalue weighted by Crippen LogP contribution is -2.21. The van der Waals surface area contributed by atoms with Crippen LogP contribution in [0.1, 0.15) is 44.5 Å². The van der Waals surface area contributed by atoms with Gasteiger partial charge in [-0.3, -0.25) is 20.3 Å². The number of nitro benzene ring substituents is 1. The molecule has 0 aliphatic heterocycles. The molecular formula is C21H19N3O6S. The van der Waals surface area contributed by atoms with Crippen molar-refractivity contribution in [3.05, 3.63) is 61.5 Å². The summed E-state index contributed by atoms with van der Waals surface area (Å²) in [5.41, 5.74) is 0.873. The van der Waals surface area contributed by atoms with Gasteiger partial charge in [-0.05, 0) is 42.9 Å². The van der Waals surface area contributed by atoms with Gasteiger partial charge in [-0.1, -0.05) is 6.92 Å². The number of non-ortho nitro benzene ring substituents is 1. The van der Waals surface area contributed by atoms with Crippen LogP contribution in [0.4, 0.5) is 10.7 Å². The average Bonchev–Trinajstić information content (AvgIpc) is 3.08. The quantitative estimate of drug-likeness (QED) is 0.356. The summed E-state index contributed by atoms with van der Waals surface area (Å²) in [4.78, 5) is 36.9. The van der Waals surface area contributed by atoms with Crippen molar-refractivity contribution >= 4 is 44.9 Å². The normalized spacial score (nSPS) is 15.4. The third kappa shape index (κ3) is 3.81. The highest BCUT2D eigenvalue weighted by molar-refractivity contribution is 7.17. The molecule has 1 aliphatic carbocycles. The molecule has 1 aromatic carbocycles. The Morgan fingerprint density at radius 3 is 2.84 bits per heavy atom. The van der Waals surface area contributed by atoms with Crippen LogP contribution in [0.3, 0.4) is 0 Å². The zero-order valence-electron chi connectivity index (χ0n) is 16.8. The van der Waals surface area contributed by atoms with Gasteiger partial charge < -0.3 is 14.5 Å². The van der Waals surface area contributed by atoms with Crippen molar-refractivity contribution in [1.82, 2.24) is 0 Å². The number of ether oxygens (including phenoxy) is 1. The van der Waals surface area contributed by atoms with Crippen molar-refractivity contribution in [2.75, 3.05) is 12.4 Å². The number of fused-ring (bicyclic) bond motifs is 2. The van der Waals surface area contributed by atoms with Gasteiger partial charge in [0, 0.05) is 22.4 Å². The molecule has 9 nitrogen and oxygen atoms in total. The Morgan fingerprint density at radius 2 is 2.13 bits per heavy atom. The summed E-state index contributed by atoms with van der Waals surface area (Å²) in [5, 5.41) is 22.5. The van der Waals surface area contributed by atoms with Crippen LogP contribution in [0.2, 0.25) is 0 Å². The molecule has 0 fully saturated rings. The topological polar surface area (TPSA) is 136 Å². The maximum Gasteiger partial charge on any atom is 0.341 e. The number of esters is 1. The first-order valence-corrected chi connectivity index (χ1v) is 10.4.